The van der Waals surface area contributed by atoms with Crippen LogP contribution in [0.1, 0.15) is 290 Å². The highest BCUT2D eigenvalue weighted by Crippen LogP contribution is 2.15. The van der Waals surface area contributed by atoms with E-state index in [0.717, 1.165) is 77.0 Å². The van der Waals surface area contributed by atoms with Crippen LogP contribution in [0.2, 0.25) is 0 Å². The number of hydrogen-bond donors (Lipinski definition) is 0. The summed E-state index contributed by atoms with van der Waals surface area (Å²) < 4.78 is 16.8. The van der Waals surface area contributed by atoms with Crippen molar-refractivity contribution >= 4 is 17.9 Å². The molecule has 0 radical (unpaired) electrons. The molecule has 0 aliphatic rings. The molecule has 0 N–H and O–H groups in total. The normalized spacial score (nSPS) is 12.2. The van der Waals surface area contributed by atoms with E-state index in [1.807, 2.05) is 0 Å². The van der Waals surface area contributed by atoms with Crippen LogP contribution in [0.5, 0.6) is 0 Å². The number of carbonyl (C=O) groups excluding carboxylic acids is 3. The van der Waals surface area contributed by atoms with E-state index in [1.165, 1.54) is 173 Å². The lowest BCUT2D eigenvalue weighted by Crippen LogP contribution is -2.30. The summed E-state index contributed by atoms with van der Waals surface area (Å²) in [6.45, 7) is 6.63. The minimum Gasteiger partial charge on any atom is -0.462 e. The number of carbonyl (C=O) groups is 3. The van der Waals surface area contributed by atoms with Gasteiger partial charge in [0, 0.05) is 19.3 Å². The number of allylic oxidation sites excluding steroid dienone is 6. The largest absolute Gasteiger partial charge is 0.462 e. The van der Waals surface area contributed by atoms with Gasteiger partial charge in [0.25, 0.3) is 0 Å². The molecule has 63 heavy (non-hydrogen) atoms. The van der Waals surface area contributed by atoms with Gasteiger partial charge < -0.3 is 14.2 Å². The Kier molecular flexibility index (Phi) is 50.3. The lowest BCUT2D eigenvalue weighted by atomic mass is 10.1. The zero-order valence-electron chi connectivity index (χ0n) is 42.1. The Hall–Kier alpha value is -2.37. The Morgan fingerprint density at radius 3 is 0.794 bits per heavy atom. The van der Waals surface area contributed by atoms with Gasteiger partial charge in [-0.15, -0.1) is 0 Å². The summed E-state index contributed by atoms with van der Waals surface area (Å²) in [6.07, 6.45) is 61.2. The molecule has 0 aromatic rings. The second kappa shape index (κ2) is 52.3. The fourth-order valence-corrected chi connectivity index (χ4v) is 7.90. The lowest BCUT2D eigenvalue weighted by Gasteiger charge is -2.18. The van der Waals surface area contributed by atoms with Crippen molar-refractivity contribution in [1.29, 1.82) is 0 Å². The zero-order valence-corrected chi connectivity index (χ0v) is 42.1. The fraction of sp³-hybridized carbons (Fsp3) is 0.842. The van der Waals surface area contributed by atoms with Crippen molar-refractivity contribution in [3.63, 3.8) is 0 Å². The van der Waals surface area contributed by atoms with E-state index in [2.05, 4.69) is 57.2 Å². The molecule has 6 nitrogen and oxygen atoms in total. The van der Waals surface area contributed by atoms with Crippen molar-refractivity contribution in [3.05, 3.63) is 36.5 Å². The second-order valence-corrected chi connectivity index (χ2v) is 18.5. The van der Waals surface area contributed by atoms with Crippen LogP contribution in [-0.4, -0.2) is 37.2 Å². The Labute approximate surface area is 391 Å². The topological polar surface area (TPSA) is 78.9 Å². The van der Waals surface area contributed by atoms with E-state index in [4.69, 9.17) is 14.2 Å². The van der Waals surface area contributed by atoms with Crippen molar-refractivity contribution in [1.82, 2.24) is 0 Å². The molecule has 6 heteroatoms. The molecule has 0 saturated carbocycles. The van der Waals surface area contributed by atoms with Crippen LogP contribution in [-0.2, 0) is 28.6 Å². The van der Waals surface area contributed by atoms with Crippen molar-refractivity contribution in [2.24, 2.45) is 0 Å². The van der Waals surface area contributed by atoms with Crippen LogP contribution < -0.4 is 0 Å². The number of ether oxygens (including phenoxy) is 3. The van der Waals surface area contributed by atoms with E-state index in [0.29, 0.717) is 19.3 Å². The molecule has 0 heterocycles. The highest BCUT2D eigenvalue weighted by atomic mass is 16.6. The van der Waals surface area contributed by atoms with Gasteiger partial charge in [-0.1, -0.05) is 211 Å². The van der Waals surface area contributed by atoms with E-state index in [9.17, 15) is 14.4 Å². The van der Waals surface area contributed by atoms with Gasteiger partial charge in [0.15, 0.2) is 6.10 Å². The van der Waals surface area contributed by atoms with E-state index in [1.54, 1.807) is 0 Å². The van der Waals surface area contributed by atoms with E-state index in [-0.39, 0.29) is 31.1 Å². The minimum absolute atomic E-state index is 0.0806. The van der Waals surface area contributed by atoms with Crippen LogP contribution in [0.3, 0.4) is 0 Å². The van der Waals surface area contributed by atoms with Crippen LogP contribution in [0, 0.1) is 0 Å². The molecule has 0 amide bonds. The maximum absolute atomic E-state index is 12.8. The van der Waals surface area contributed by atoms with Gasteiger partial charge in [-0.05, 0) is 96.3 Å². The molecule has 0 unspecified atom stereocenters. The Bertz CT molecular complexity index is 1060. The first-order valence-electron chi connectivity index (χ1n) is 27.5. The third-order valence-electron chi connectivity index (χ3n) is 12.1. The number of esters is 3. The van der Waals surface area contributed by atoms with Gasteiger partial charge in [-0.3, -0.25) is 14.4 Å². The van der Waals surface area contributed by atoms with Gasteiger partial charge >= 0.3 is 17.9 Å². The molecule has 0 aliphatic carbocycles. The van der Waals surface area contributed by atoms with E-state index >= 15 is 0 Å². The summed E-state index contributed by atoms with van der Waals surface area (Å²) in [5, 5.41) is 0. The van der Waals surface area contributed by atoms with Gasteiger partial charge in [0.1, 0.15) is 13.2 Å². The quantitative estimate of drug-likeness (QED) is 0.0262. The second-order valence-electron chi connectivity index (χ2n) is 18.5. The molecule has 0 bridgehead atoms. The molecule has 0 spiro atoms. The molecule has 0 rings (SSSR count). The van der Waals surface area contributed by atoms with Crippen molar-refractivity contribution in [2.45, 2.75) is 297 Å². The molecule has 0 aromatic heterocycles. The first-order chi connectivity index (χ1) is 31.0. The monoisotopic (exact) mass is 885 g/mol. The predicted octanol–water partition coefficient (Wildman–Crippen LogP) is 18.1. The first-order valence-corrected chi connectivity index (χ1v) is 27.5. The summed E-state index contributed by atoms with van der Waals surface area (Å²) >= 11 is 0. The van der Waals surface area contributed by atoms with Crippen LogP contribution in [0.4, 0.5) is 0 Å². The Balaban J connectivity index is 4.39. The highest BCUT2D eigenvalue weighted by molar-refractivity contribution is 5.71. The molecule has 0 saturated heterocycles. The average Bonchev–Trinajstić information content (AvgIpc) is 3.28. The Morgan fingerprint density at radius 1 is 0.302 bits per heavy atom. The third kappa shape index (κ3) is 50.5. The third-order valence-corrected chi connectivity index (χ3v) is 12.1. The fourth-order valence-electron chi connectivity index (χ4n) is 7.90. The molecule has 1 atom stereocenters. The molecule has 368 valence electrons. The number of hydrogen-bond acceptors (Lipinski definition) is 6. The summed E-state index contributed by atoms with van der Waals surface area (Å²) in [4.78, 5) is 38.0. The summed E-state index contributed by atoms with van der Waals surface area (Å²) in [5.41, 5.74) is 0. The molecule has 0 aliphatic heterocycles. The smallest absolute Gasteiger partial charge is 0.306 e. The minimum atomic E-state index is -0.781. The first kappa shape index (κ1) is 60.6. The van der Waals surface area contributed by atoms with Crippen molar-refractivity contribution < 1.29 is 28.6 Å². The van der Waals surface area contributed by atoms with Crippen LogP contribution in [0.15, 0.2) is 36.5 Å². The Morgan fingerprint density at radius 2 is 0.524 bits per heavy atom. The molecular weight excluding hydrogens is 781 g/mol. The van der Waals surface area contributed by atoms with Crippen LogP contribution in [0.25, 0.3) is 0 Å². The van der Waals surface area contributed by atoms with Gasteiger partial charge in [0.05, 0.1) is 0 Å². The maximum Gasteiger partial charge on any atom is 0.306 e. The van der Waals surface area contributed by atoms with Crippen LogP contribution >= 0.6 is 0 Å². The average molecular weight is 885 g/mol. The van der Waals surface area contributed by atoms with Gasteiger partial charge in [-0.2, -0.15) is 0 Å². The SMILES string of the molecule is CCCCCCC/C=C\CCCCCCCC(=O)OC[C@H](COC(=O)CCCCCCC/C=C\CCCCCCCCC)OC(=O)CCCCCCC/C=C\CCCCCCCC. The van der Waals surface area contributed by atoms with E-state index < -0.39 is 6.10 Å². The summed E-state index contributed by atoms with van der Waals surface area (Å²) in [5.74, 6) is -0.893. The predicted molar refractivity (Wildman–Crippen MR) is 270 cm³/mol. The highest BCUT2D eigenvalue weighted by Gasteiger charge is 2.19. The summed E-state index contributed by atoms with van der Waals surface area (Å²) in [7, 11) is 0. The summed E-state index contributed by atoms with van der Waals surface area (Å²) in [6, 6.07) is 0. The zero-order chi connectivity index (χ0) is 45.8. The van der Waals surface area contributed by atoms with Crippen molar-refractivity contribution in [2.75, 3.05) is 13.2 Å². The molecule has 0 aromatic carbocycles. The van der Waals surface area contributed by atoms with Crippen molar-refractivity contribution in [3.8, 4) is 0 Å². The van der Waals surface area contributed by atoms with Gasteiger partial charge in [0.2, 0.25) is 0 Å². The van der Waals surface area contributed by atoms with Gasteiger partial charge in [-0.25, -0.2) is 0 Å². The lowest BCUT2D eigenvalue weighted by molar-refractivity contribution is -0.167. The standard InChI is InChI=1S/C57H104O6/c1-4-7-10-13-16-19-22-25-28-30-32-35-38-41-44-47-50-56(59)62-53-54(52-61-55(58)49-46-43-40-37-34-31-27-24-21-18-15-12-9-6-3)63-57(60)51-48-45-42-39-36-33-29-26-23-20-17-14-11-8-5-2/h24,26-30,54H,4-23,25,31-53H2,1-3H3/b27-24-,29-26-,30-28-/t54-/m1/s1. The maximum atomic E-state index is 12.8. The number of unbranched alkanes of at least 4 members (excludes halogenated alkanes) is 33. The molecular formula is C57H104O6. The molecule has 0 fully saturated rings. The number of rotatable bonds is 50.